The Morgan fingerprint density at radius 2 is 1.64 bits per heavy atom. The molecule has 0 fully saturated rings. The van der Waals surface area contributed by atoms with Crippen LogP contribution < -0.4 is 5.43 Å². The van der Waals surface area contributed by atoms with Crippen LogP contribution in [0.5, 0.6) is 5.75 Å². The lowest BCUT2D eigenvalue weighted by molar-refractivity contribution is -0.385. The highest BCUT2D eigenvalue weighted by atomic mass is 16.6. The van der Waals surface area contributed by atoms with Gasteiger partial charge in [0.05, 0.1) is 15.4 Å². The van der Waals surface area contributed by atoms with Gasteiger partial charge in [-0.25, -0.2) is 4.79 Å². The molecule has 2 N–H and O–H groups in total. The third kappa shape index (κ3) is 3.14. The van der Waals surface area contributed by atoms with Gasteiger partial charge in [-0.15, -0.1) is 0 Å². The Hall–Kier alpha value is -4.80. The zero-order valence-electron chi connectivity index (χ0n) is 17.0. The van der Waals surface area contributed by atoms with Crippen LogP contribution in [0, 0.1) is 20.2 Å². The molecule has 1 aliphatic heterocycles. The predicted molar refractivity (Wildman–Crippen MR) is 118 cm³/mol. The number of hydrogen-bond acceptors (Lipinski definition) is 7. The van der Waals surface area contributed by atoms with Crippen molar-refractivity contribution in [1.82, 2.24) is 4.57 Å². The number of pyridine rings is 1. The lowest BCUT2D eigenvalue weighted by Gasteiger charge is -2.23. The van der Waals surface area contributed by atoms with Crippen molar-refractivity contribution < 1.29 is 24.9 Å². The number of hydrogen-bond donors (Lipinski definition) is 2. The van der Waals surface area contributed by atoms with Gasteiger partial charge in [0.1, 0.15) is 11.2 Å². The molecule has 0 unspecified atom stereocenters. The van der Waals surface area contributed by atoms with E-state index < -0.39 is 38.4 Å². The molecule has 4 rings (SSSR count). The minimum atomic E-state index is -1.28. The van der Waals surface area contributed by atoms with E-state index >= 15 is 0 Å². The average Bonchev–Trinajstić information content (AvgIpc) is 2.76. The molecule has 11 nitrogen and oxygen atoms in total. The number of carboxylic acids is 1. The van der Waals surface area contributed by atoms with Crippen LogP contribution in [0.4, 0.5) is 11.4 Å². The lowest BCUT2D eigenvalue weighted by atomic mass is 9.88. The maximum atomic E-state index is 12.5. The number of aryl methyl sites for hydroxylation is 1. The highest BCUT2D eigenvalue weighted by molar-refractivity contribution is 6.11. The maximum absolute atomic E-state index is 12.5. The first-order chi connectivity index (χ1) is 15.7. The molecule has 33 heavy (non-hydrogen) atoms. The van der Waals surface area contributed by atoms with Gasteiger partial charge in [0.15, 0.2) is 5.75 Å². The van der Waals surface area contributed by atoms with E-state index in [1.807, 2.05) is 0 Å². The van der Waals surface area contributed by atoms with E-state index in [1.54, 1.807) is 13.0 Å². The van der Waals surface area contributed by atoms with Gasteiger partial charge in [-0.3, -0.25) is 25.0 Å². The van der Waals surface area contributed by atoms with E-state index in [-0.39, 0.29) is 45.4 Å². The van der Waals surface area contributed by atoms with E-state index in [4.69, 9.17) is 0 Å². The molecule has 0 saturated carbocycles. The molecule has 0 amide bonds. The number of aromatic hydroxyl groups is 1. The van der Waals surface area contributed by atoms with Crippen LogP contribution in [0.15, 0.2) is 53.3 Å². The molecule has 0 saturated heterocycles. The molecule has 2 aliphatic rings. The van der Waals surface area contributed by atoms with E-state index in [9.17, 15) is 40.0 Å². The van der Waals surface area contributed by atoms with Crippen LogP contribution in [0.3, 0.4) is 0 Å². The molecular formula is C22H15N3O8. The SMILES string of the molecule is CCn1c2c([N+](=O)[O-])c(=O)ccc-2c(-c2ccccc2C(=O)O)c2ccc(O)c([N+](=O)[O-])c21. The number of nitro groups is 2. The number of carboxylic acid groups (broad SMARTS) is 1. The third-order valence-electron chi connectivity index (χ3n) is 5.43. The summed E-state index contributed by atoms with van der Waals surface area (Å²) < 4.78 is 1.23. The van der Waals surface area contributed by atoms with Crippen molar-refractivity contribution in [3.05, 3.63) is 84.5 Å². The molecule has 0 aromatic heterocycles. The molecule has 0 spiro atoms. The molecule has 0 bridgehead atoms. The van der Waals surface area contributed by atoms with Crippen molar-refractivity contribution >= 4 is 28.2 Å². The van der Waals surface area contributed by atoms with Crippen molar-refractivity contribution in [2.75, 3.05) is 0 Å². The van der Waals surface area contributed by atoms with Gasteiger partial charge in [0, 0.05) is 23.1 Å². The van der Waals surface area contributed by atoms with Gasteiger partial charge in [-0.2, -0.15) is 0 Å². The summed E-state index contributed by atoms with van der Waals surface area (Å²) in [5.41, 5.74) is -2.45. The number of carbonyl (C=O) groups is 1. The number of benzene rings is 3. The molecule has 2 aromatic carbocycles. The minimum absolute atomic E-state index is 0.0115. The molecule has 1 heterocycles. The molecule has 0 atom stereocenters. The number of fused-ring (bicyclic) bond motifs is 2. The fraction of sp³-hybridized carbons (Fsp3) is 0.0909. The Morgan fingerprint density at radius 3 is 2.24 bits per heavy atom. The van der Waals surface area contributed by atoms with Crippen LogP contribution in [0.25, 0.3) is 33.3 Å². The van der Waals surface area contributed by atoms with Gasteiger partial charge >= 0.3 is 17.3 Å². The number of nitrogens with zero attached hydrogens (tertiary/aromatic N) is 3. The topological polar surface area (TPSA) is 166 Å². The zero-order chi connectivity index (χ0) is 24.0. The van der Waals surface area contributed by atoms with Gasteiger partial charge in [0.25, 0.3) is 5.43 Å². The second kappa shape index (κ2) is 7.71. The Balaban J connectivity index is 2.43. The summed E-state index contributed by atoms with van der Waals surface area (Å²) in [7, 11) is 0. The summed E-state index contributed by atoms with van der Waals surface area (Å²) in [5.74, 6) is -1.95. The van der Waals surface area contributed by atoms with Crippen molar-refractivity contribution in [2.24, 2.45) is 0 Å². The Labute approximate surface area is 184 Å². The van der Waals surface area contributed by atoms with Gasteiger partial charge in [-0.05, 0) is 42.8 Å². The summed E-state index contributed by atoms with van der Waals surface area (Å²) in [4.78, 5) is 46.5. The fourth-order valence-corrected chi connectivity index (χ4v) is 4.19. The second-order valence-corrected chi connectivity index (χ2v) is 7.12. The van der Waals surface area contributed by atoms with Crippen LogP contribution in [0.2, 0.25) is 0 Å². The molecule has 2 aromatic rings. The molecule has 0 radical (unpaired) electrons. The largest absolute Gasteiger partial charge is 0.502 e. The predicted octanol–water partition coefficient (Wildman–Crippen LogP) is 4.01. The Kier molecular flexibility index (Phi) is 5.01. The van der Waals surface area contributed by atoms with Crippen molar-refractivity contribution in [3.8, 4) is 28.1 Å². The van der Waals surface area contributed by atoms with E-state index in [1.165, 1.54) is 34.9 Å². The minimum Gasteiger partial charge on any atom is -0.502 e. The number of nitro benzene ring substituents is 2. The number of rotatable bonds is 5. The summed E-state index contributed by atoms with van der Waals surface area (Å²) in [6.45, 7) is 1.57. The lowest BCUT2D eigenvalue weighted by Crippen LogP contribution is -2.16. The van der Waals surface area contributed by atoms with Crippen molar-refractivity contribution in [1.29, 1.82) is 0 Å². The van der Waals surface area contributed by atoms with E-state index in [0.29, 0.717) is 0 Å². The average molecular weight is 449 g/mol. The molecule has 11 heteroatoms. The quantitative estimate of drug-likeness (QED) is 0.262. The first kappa shape index (κ1) is 21.4. The van der Waals surface area contributed by atoms with Crippen LogP contribution in [0.1, 0.15) is 17.3 Å². The van der Waals surface area contributed by atoms with Crippen molar-refractivity contribution in [2.45, 2.75) is 13.5 Å². The third-order valence-corrected chi connectivity index (χ3v) is 5.43. The van der Waals surface area contributed by atoms with Gasteiger partial charge < -0.3 is 14.8 Å². The zero-order valence-corrected chi connectivity index (χ0v) is 17.0. The number of aromatic carboxylic acids is 1. The summed E-state index contributed by atoms with van der Waals surface area (Å²) in [5, 5.41) is 43.9. The number of phenolic OH excluding ortho intramolecular Hbond substituents is 1. The van der Waals surface area contributed by atoms with Crippen LogP contribution in [-0.2, 0) is 6.54 Å². The summed E-state index contributed by atoms with van der Waals surface area (Å²) in [6, 6.07) is 10.7. The number of aromatic nitrogens is 1. The first-order valence-corrected chi connectivity index (χ1v) is 9.65. The highest BCUT2D eigenvalue weighted by Gasteiger charge is 2.33. The molecule has 166 valence electrons. The van der Waals surface area contributed by atoms with Gasteiger partial charge in [0.2, 0.25) is 0 Å². The van der Waals surface area contributed by atoms with Crippen LogP contribution >= 0.6 is 0 Å². The first-order valence-electron chi connectivity index (χ1n) is 9.65. The molecule has 1 aliphatic carbocycles. The Bertz CT molecular complexity index is 1520. The van der Waals surface area contributed by atoms with E-state index in [2.05, 4.69) is 0 Å². The summed E-state index contributed by atoms with van der Waals surface area (Å²) >= 11 is 0. The normalized spacial score (nSPS) is 11.1. The van der Waals surface area contributed by atoms with Crippen molar-refractivity contribution in [3.63, 3.8) is 0 Å². The summed E-state index contributed by atoms with van der Waals surface area (Å²) in [6.07, 6.45) is 0. The van der Waals surface area contributed by atoms with Crippen LogP contribution in [-0.4, -0.2) is 30.6 Å². The Morgan fingerprint density at radius 1 is 0.970 bits per heavy atom. The highest BCUT2D eigenvalue weighted by Crippen LogP contribution is 2.47. The number of phenols is 1. The second-order valence-electron chi connectivity index (χ2n) is 7.12. The smallest absolute Gasteiger partial charge is 0.340 e. The van der Waals surface area contributed by atoms with Gasteiger partial charge in [-0.1, -0.05) is 18.2 Å². The molecular weight excluding hydrogens is 434 g/mol. The van der Waals surface area contributed by atoms with E-state index in [0.717, 1.165) is 12.1 Å². The fourth-order valence-electron chi connectivity index (χ4n) is 4.19. The maximum Gasteiger partial charge on any atom is 0.340 e. The standard InChI is InChI=1S/C22H15N3O8/c1-2-23-18-13(7-9-15(26)20(18)24(30)31)17(11-5-3-4-6-12(11)22(28)29)14-8-10-16(27)21(19(14)23)25(32)33/h3-10,26H,2H2,1H3,(H,28,29). The monoisotopic (exact) mass is 449 g/mol.